The molecule has 0 spiro atoms. The van der Waals surface area contributed by atoms with Crippen molar-refractivity contribution in [3.05, 3.63) is 23.5 Å². The number of anilines is 2. The summed E-state index contributed by atoms with van der Waals surface area (Å²) in [5, 5.41) is 9.58. The number of nitrogens with one attached hydrogen (secondary N) is 2. The van der Waals surface area contributed by atoms with Gasteiger partial charge in [-0.1, -0.05) is 11.3 Å². The number of carbonyl (C=O) groups is 1. The zero-order valence-electron chi connectivity index (χ0n) is 10.9. The van der Waals surface area contributed by atoms with E-state index in [9.17, 15) is 18.0 Å². The third-order valence-corrected chi connectivity index (χ3v) is 3.24. The molecule has 0 unspecified atom stereocenters. The smallest absolute Gasteiger partial charge is 0.362 e. The third-order valence-electron chi connectivity index (χ3n) is 2.29. The van der Waals surface area contributed by atoms with Crippen molar-refractivity contribution in [3.8, 4) is 0 Å². The van der Waals surface area contributed by atoms with E-state index >= 15 is 0 Å². The van der Waals surface area contributed by atoms with Gasteiger partial charge in [-0.25, -0.2) is 4.98 Å². The molecule has 2 N–H and O–H groups in total. The first-order valence-corrected chi connectivity index (χ1v) is 6.79. The SMILES string of the molecule is CCNc1ncc(C(=O)Nc2cnn(CC(F)(F)F)c2)s1. The molecule has 0 radical (unpaired) electrons. The van der Waals surface area contributed by atoms with E-state index in [2.05, 4.69) is 20.7 Å². The number of nitrogens with zero attached hydrogens (tertiary/aromatic N) is 3. The summed E-state index contributed by atoms with van der Waals surface area (Å²) < 4.78 is 37.3. The van der Waals surface area contributed by atoms with Gasteiger partial charge in [-0.3, -0.25) is 9.48 Å². The molecule has 0 aliphatic carbocycles. The summed E-state index contributed by atoms with van der Waals surface area (Å²) >= 11 is 1.16. The molecule has 1 amide bonds. The summed E-state index contributed by atoms with van der Waals surface area (Å²) in [5.74, 6) is -0.441. The van der Waals surface area contributed by atoms with Gasteiger partial charge in [0.1, 0.15) is 11.4 Å². The van der Waals surface area contributed by atoms with Gasteiger partial charge >= 0.3 is 6.18 Å². The number of thiazole rings is 1. The van der Waals surface area contributed by atoms with E-state index < -0.39 is 18.6 Å². The van der Waals surface area contributed by atoms with Gasteiger partial charge in [0, 0.05) is 12.7 Å². The molecule has 0 saturated carbocycles. The van der Waals surface area contributed by atoms with Crippen molar-refractivity contribution in [2.24, 2.45) is 0 Å². The highest BCUT2D eigenvalue weighted by Gasteiger charge is 2.28. The largest absolute Gasteiger partial charge is 0.408 e. The second kappa shape index (κ2) is 6.12. The zero-order chi connectivity index (χ0) is 15.5. The highest BCUT2D eigenvalue weighted by Crippen LogP contribution is 2.20. The highest BCUT2D eigenvalue weighted by atomic mass is 32.1. The van der Waals surface area contributed by atoms with Crippen molar-refractivity contribution in [2.75, 3.05) is 17.2 Å². The van der Waals surface area contributed by atoms with Gasteiger partial charge in [0.2, 0.25) is 0 Å². The maximum absolute atomic E-state index is 12.2. The second-order valence-electron chi connectivity index (χ2n) is 4.06. The van der Waals surface area contributed by atoms with Crippen LogP contribution in [0.3, 0.4) is 0 Å². The third kappa shape index (κ3) is 4.45. The monoisotopic (exact) mass is 319 g/mol. The molecule has 0 atom stereocenters. The Balaban J connectivity index is 1.99. The summed E-state index contributed by atoms with van der Waals surface area (Å²) in [7, 11) is 0. The molecule has 0 saturated heterocycles. The van der Waals surface area contributed by atoms with Crippen molar-refractivity contribution >= 4 is 28.1 Å². The molecule has 6 nitrogen and oxygen atoms in total. The molecule has 0 aliphatic heterocycles. The number of rotatable bonds is 5. The maximum Gasteiger partial charge on any atom is 0.408 e. The van der Waals surface area contributed by atoms with E-state index in [1.807, 2.05) is 6.92 Å². The highest BCUT2D eigenvalue weighted by molar-refractivity contribution is 7.17. The summed E-state index contributed by atoms with van der Waals surface area (Å²) in [4.78, 5) is 16.3. The minimum atomic E-state index is -4.36. The van der Waals surface area contributed by atoms with Crippen LogP contribution in [-0.2, 0) is 6.54 Å². The molecular weight excluding hydrogens is 307 g/mol. The number of hydrogen-bond donors (Lipinski definition) is 2. The predicted molar refractivity (Wildman–Crippen MR) is 72.5 cm³/mol. The van der Waals surface area contributed by atoms with Crippen LogP contribution in [0.1, 0.15) is 16.6 Å². The van der Waals surface area contributed by atoms with Crippen molar-refractivity contribution in [2.45, 2.75) is 19.6 Å². The van der Waals surface area contributed by atoms with E-state index in [0.717, 1.165) is 23.7 Å². The molecule has 2 aromatic rings. The van der Waals surface area contributed by atoms with Crippen LogP contribution in [0.15, 0.2) is 18.6 Å². The van der Waals surface area contributed by atoms with E-state index in [0.29, 0.717) is 21.2 Å². The van der Waals surface area contributed by atoms with E-state index in [4.69, 9.17) is 0 Å². The van der Waals surface area contributed by atoms with Crippen LogP contribution >= 0.6 is 11.3 Å². The van der Waals surface area contributed by atoms with Gasteiger partial charge < -0.3 is 10.6 Å². The Morgan fingerprint density at radius 1 is 1.43 bits per heavy atom. The van der Waals surface area contributed by atoms with Crippen molar-refractivity contribution in [1.29, 1.82) is 0 Å². The molecule has 0 aliphatic rings. The van der Waals surface area contributed by atoms with Gasteiger partial charge in [-0.2, -0.15) is 18.3 Å². The second-order valence-corrected chi connectivity index (χ2v) is 5.09. The fraction of sp³-hybridized carbons (Fsp3) is 0.364. The lowest BCUT2D eigenvalue weighted by Crippen LogP contribution is -2.17. The Morgan fingerprint density at radius 3 is 2.86 bits per heavy atom. The number of hydrogen-bond acceptors (Lipinski definition) is 5. The first-order chi connectivity index (χ1) is 9.87. The molecular formula is C11H12F3N5OS. The van der Waals surface area contributed by atoms with Crippen LogP contribution in [0, 0.1) is 0 Å². The minimum absolute atomic E-state index is 0.197. The molecule has 10 heteroatoms. The molecule has 2 aromatic heterocycles. The minimum Gasteiger partial charge on any atom is -0.362 e. The summed E-state index contributed by atoms with van der Waals surface area (Å²) in [5.41, 5.74) is 0.197. The van der Waals surface area contributed by atoms with Gasteiger partial charge in [0.15, 0.2) is 5.13 Å². The average Bonchev–Trinajstić information content (AvgIpc) is 2.97. The Morgan fingerprint density at radius 2 is 2.19 bits per heavy atom. The quantitative estimate of drug-likeness (QED) is 0.888. The number of amides is 1. The van der Waals surface area contributed by atoms with Crippen molar-refractivity contribution < 1.29 is 18.0 Å². The standard InChI is InChI=1S/C11H12F3N5OS/c1-2-15-10-16-4-8(21-10)9(20)18-7-3-17-19(5-7)6-11(12,13)14/h3-5H,2,6H2,1H3,(H,15,16)(H,18,20). The van der Waals surface area contributed by atoms with Crippen molar-refractivity contribution in [3.63, 3.8) is 0 Å². The normalized spacial score (nSPS) is 11.4. The van der Waals surface area contributed by atoms with Gasteiger partial charge in [-0.05, 0) is 6.92 Å². The number of halogens is 3. The van der Waals surface area contributed by atoms with E-state index in [-0.39, 0.29) is 5.69 Å². The van der Waals surface area contributed by atoms with E-state index in [1.54, 1.807) is 0 Å². The lowest BCUT2D eigenvalue weighted by atomic mass is 10.4. The van der Waals surface area contributed by atoms with Gasteiger partial charge in [0.25, 0.3) is 5.91 Å². The first kappa shape index (κ1) is 15.3. The fourth-order valence-corrected chi connectivity index (χ4v) is 2.28. The van der Waals surface area contributed by atoms with Crippen LogP contribution in [0.5, 0.6) is 0 Å². The molecule has 0 fully saturated rings. The number of carbonyl (C=O) groups excluding carboxylic acids is 1. The topological polar surface area (TPSA) is 71.8 Å². The molecule has 21 heavy (non-hydrogen) atoms. The molecule has 0 aromatic carbocycles. The predicted octanol–water partition coefficient (Wildman–Crippen LogP) is 2.59. The van der Waals surface area contributed by atoms with Crippen LogP contribution in [0.2, 0.25) is 0 Å². The van der Waals surface area contributed by atoms with Crippen LogP contribution in [0.4, 0.5) is 24.0 Å². The Labute approximate surface area is 122 Å². The number of alkyl halides is 3. The van der Waals surface area contributed by atoms with Gasteiger partial charge in [-0.15, -0.1) is 0 Å². The summed E-state index contributed by atoms with van der Waals surface area (Å²) in [6.45, 7) is 1.38. The lowest BCUT2D eigenvalue weighted by molar-refractivity contribution is -0.142. The van der Waals surface area contributed by atoms with Crippen LogP contribution in [0.25, 0.3) is 0 Å². The summed E-state index contributed by atoms with van der Waals surface area (Å²) in [6.07, 6.45) is -0.669. The maximum atomic E-state index is 12.2. The van der Waals surface area contributed by atoms with Crippen LogP contribution < -0.4 is 10.6 Å². The molecule has 2 rings (SSSR count). The first-order valence-electron chi connectivity index (χ1n) is 5.97. The van der Waals surface area contributed by atoms with E-state index in [1.165, 1.54) is 6.20 Å². The lowest BCUT2D eigenvalue weighted by Gasteiger charge is -2.05. The fourth-order valence-electron chi connectivity index (χ4n) is 1.50. The molecule has 0 bridgehead atoms. The molecule has 2 heterocycles. The number of aromatic nitrogens is 3. The molecule has 114 valence electrons. The van der Waals surface area contributed by atoms with Crippen LogP contribution in [-0.4, -0.2) is 33.4 Å². The van der Waals surface area contributed by atoms with Crippen molar-refractivity contribution in [1.82, 2.24) is 14.8 Å². The summed E-state index contributed by atoms with van der Waals surface area (Å²) in [6, 6.07) is 0. The van der Waals surface area contributed by atoms with Gasteiger partial charge in [0.05, 0.1) is 18.1 Å². The Kier molecular flexibility index (Phi) is 4.46. The Bertz CT molecular complexity index is 621. The average molecular weight is 319 g/mol. The zero-order valence-corrected chi connectivity index (χ0v) is 11.8. The Hall–Kier alpha value is -2.10.